The second-order valence-electron chi connectivity index (χ2n) is 7.14. The number of rotatable bonds is 5. The summed E-state index contributed by atoms with van der Waals surface area (Å²) >= 11 is 0. The number of ether oxygens (including phenoxy) is 2. The Bertz CT molecular complexity index is 748. The maximum absolute atomic E-state index is 12.4. The molecule has 0 bridgehead atoms. The summed E-state index contributed by atoms with van der Waals surface area (Å²) in [6.45, 7) is 1.66. The number of nitrogens with two attached hydrogens (primary N) is 1. The zero-order chi connectivity index (χ0) is 17.9. The summed E-state index contributed by atoms with van der Waals surface area (Å²) in [4.78, 5) is 14.3. The third-order valence-corrected chi connectivity index (χ3v) is 5.43. The highest BCUT2D eigenvalue weighted by Crippen LogP contribution is 2.37. The molecule has 4 rings (SSSR count). The number of carbonyl (C=O) groups excluding carboxylic acids is 1. The molecule has 2 N–H and O–H groups in total. The van der Waals surface area contributed by atoms with Crippen molar-refractivity contribution in [1.29, 1.82) is 0 Å². The van der Waals surface area contributed by atoms with Gasteiger partial charge in [0.1, 0.15) is 17.2 Å². The highest BCUT2D eigenvalue weighted by Gasteiger charge is 2.42. The topological polar surface area (TPSA) is 64.8 Å². The Hall–Kier alpha value is -2.53. The number of nitrogens with zero attached hydrogens (tertiary/aromatic N) is 1. The Labute approximate surface area is 153 Å². The summed E-state index contributed by atoms with van der Waals surface area (Å²) in [6, 6.07) is 17.2. The molecule has 5 nitrogen and oxygen atoms in total. The standard InChI is InChI=1S/C21H24N2O3/c22-20-11-6-15-12-23(13-19(15)20)21(24)14-25-16-7-9-18(10-8-16)26-17-4-2-1-3-5-17/h1-5,7-10,15,19-20H,6,11-14,22H2. The van der Waals surface area contributed by atoms with Crippen molar-refractivity contribution in [2.24, 2.45) is 17.6 Å². The van der Waals surface area contributed by atoms with E-state index in [1.165, 1.54) is 0 Å². The number of hydrogen-bond acceptors (Lipinski definition) is 4. The molecular weight excluding hydrogens is 328 g/mol. The first-order chi connectivity index (χ1) is 12.7. The van der Waals surface area contributed by atoms with Crippen LogP contribution in [-0.4, -0.2) is 36.5 Å². The Balaban J connectivity index is 1.27. The largest absolute Gasteiger partial charge is 0.484 e. The molecular formula is C21H24N2O3. The molecule has 2 aliphatic rings. The SMILES string of the molecule is NC1CCC2CN(C(=O)COc3ccc(Oc4ccccc4)cc3)CC12. The number of fused-ring (bicyclic) bond motifs is 1. The molecule has 2 aromatic carbocycles. The fraction of sp³-hybridized carbons (Fsp3) is 0.381. The minimum Gasteiger partial charge on any atom is -0.484 e. The number of amides is 1. The highest BCUT2D eigenvalue weighted by atomic mass is 16.5. The van der Waals surface area contributed by atoms with Gasteiger partial charge >= 0.3 is 0 Å². The summed E-state index contributed by atoms with van der Waals surface area (Å²) in [5.74, 6) is 3.26. The number of likely N-dealkylation sites (tertiary alicyclic amines) is 1. The Morgan fingerprint density at radius 3 is 2.38 bits per heavy atom. The third kappa shape index (κ3) is 3.68. The van der Waals surface area contributed by atoms with E-state index in [1.54, 1.807) is 0 Å². The molecule has 0 aromatic heterocycles. The van der Waals surface area contributed by atoms with Crippen molar-refractivity contribution in [3.8, 4) is 17.2 Å². The van der Waals surface area contributed by atoms with Gasteiger partial charge in [0.25, 0.3) is 5.91 Å². The van der Waals surface area contributed by atoms with Gasteiger partial charge in [-0.3, -0.25) is 4.79 Å². The lowest BCUT2D eigenvalue weighted by Crippen LogP contribution is -2.36. The second kappa shape index (κ2) is 7.38. The summed E-state index contributed by atoms with van der Waals surface area (Å²) in [6.07, 6.45) is 2.23. The van der Waals surface area contributed by atoms with Crippen molar-refractivity contribution in [3.63, 3.8) is 0 Å². The van der Waals surface area contributed by atoms with Crippen molar-refractivity contribution in [1.82, 2.24) is 4.90 Å². The number of carbonyl (C=O) groups is 1. The quantitative estimate of drug-likeness (QED) is 0.898. The Morgan fingerprint density at radius 1 is 0.962 bits per heavy atom. The molecule has 0 spiro atoms. The van der Waals surface area contributed by atoms with Crippen LogP contribution in [0, 0.1) is 11.8 Å². The fourth-order valence-corrected chi connectivity index (χ4v) is 3.98. The van der Waals surface area contributed by atoms with Crippen LogP contribution in [0.2, 0.25) is 0 Å². The van der Waals surface area contributed by atoms with Crippen molar-refractivity contribution >= 4 is 5.91 Å². The average molecular weight is 352 g/mol. The lowest BCUT2D eigenvalue weighted by atomic mass is 9.98. The maximum Gasteiger partial charge on any atom is 0.260 e. The van der Waals surface area contributed by atoms with E-state index >= 15 is 0 Å². The minimum atomic E-state index is 0.0382. The molecule has 2 fully saturated rings. The Kier molecular flexibility index (Phi) is 4.80. The van der Waals surface area contributed by atoms with Gasteiger partial charge in [0.05, 0.1) is 0 Å². The normalized spacial score (nSPS) is 24.3. The first kappa shape index (κ1) is 16.9. The van der Waals surface area contributed by atoms with Crippen LogP contribution >= 0.6 is 0 Å². The van der Waals surface area contributed by atoms with E-state index in [2.05, 4.69) is 0 Å². The van der Waals surface area contributed by atoms with Crippen molar-refractivity contribution in [3.05, 3.63) is 54.6 Å². The van der Waals surface area contributed by atoms with Crippen LogP contribution in [-0.2, 0) is 4.79 Å². The van der Waals surface area contributed by atoms with E-state index in [0.29, 0.717) is 17.6 Å². The van der Waals surface area contributed by atoms with Crippen LogP contribution in [0.5, 0.6) is 17.2 Å². The zero-order valence-corrected chi connectivity index (χ0v) is 14.7. The van der Waals surface area contributed by atoms with Gasteiger partial charge in [0.2, 0.25) is 0 Å². The third-order valence-electron chi connectivity index (χ3n) is 5.43. The van der Waals surface area contributed by atoms with E-state index < -0.39 is 0 Å². The maximum atomic E-state index is 12.4. The molecule has 2 aromatic rings. The monoisotopic (exact) mass is 352 g/mol. The Morgan fingerprint density at radius 2 is 1.65 bits per heavy atom. The molecule has 3 unspecified atom stereocenters. The van der Waals surface area contributed by atoms with Gasteiger partial charge < -0.3 is 20.1 Å². The van der Waals surface area contributed by atoms with E-state index in [4.69, 9.17) is 15.2 Å². The molecule has 1 aliphatic carbocycles. The van der Waals surface area contributed by atoms with Crippen LogP contribution < -0.4 is 15.2 Å². The first-order valence-corrected chi connectivity index (χ1v) is 9.18. The summed E-state index contributed by atoms with van der Waals surface area (Å²) < 4.78 is 11.4. The van der Waals surface area contributed by atoms with Crippen molar-refractivity contribution in [2.75, 3.05) is 19.7 Å². The van der Waals surface area contributed by atoms with Gasteiger partial charge in [0.15, 0.2) is 6.61 Å². The minimum absolute atomic E-state index is 0.0382. The number of benzene rings is 2. The molecule has 5 heteroatoms. The zero-order valence-electron chi connectivity index (χ0n) is 14.7. The molecule has 1 saturated carbocycles. The van der Waals surface area contributed by atoms with Crippen LogP contribution in [0.25, 0.3) is 0 Å². The van der Waals surface area contributed by atoms with Crippen LogP contribution in [0.4, 0.5) is 0 Å². The summed E-state index contributed by atoms with van der Waals surface area (Å²) in [5, 5.41) is 0. The van der Waals surface area contributed by atoms with Gasteiger partial charge in [-0.05, 0) is 61.1 Å². The van der Waals surface area contributed by atoms with Gasteiger partial charge in [-0.2, -0.15) is 0 Å². The molecule has 1 saturated heterocycles. The predicted molar refractivity (Wildman–Crippen MR) is 99.2 cm³/mol. The molecule has 1 heterocycles. The van der Waals surface area contributed by atoms with Gasteiger partial charge in [-0.1, -0.05) is 18.2 Å². The van der Waals surface area contributed by atoms with Gasteiger partial charge in [0, 0.05) is 19.1 Å². The van der Waals surface area contributed by atoms with E-state index in [9.17, 15) is 4.79 Å². The van der Waals surface area contributed by atoms with Gasteiger partial charge in [-0.15, -0.1) is 0 Å². The molecule has 136 valence electrons. The van der Waals surface area contributed by atoms with Crippen LogP contribution in [0.15, 0.2) is 54.6 Å². The molecule has 0 radical (unpaired) electrons. The molecule has 1 amide bonds. The van der Waals surface area contributed by atoms with Crippen molar-refractivity contribution < 1.29 is 14.3 Å². The van der Waals surface area contributed by atoms with Gasteiger partial charge in [-0.25, -0.2) is 0 Å². The van der Waals surface area contributed by atoms with E-state index in [1.807, 2.05) is 59.5 Å². The second-order valence-corrected chi connectivity index (χ2v) is 7.14. The number of hydrogen-bond donors (Lipinski definition) is 1. The molecule has 3 atom stereocenters. The van der Waals surface area contributed by atoms with E-state index in [-0.39, 0.29) is 18.6 Å². The van der Waals surface area contributed by atoms with Crippen LogP contribution in [0.1, 0.15) is 12.8 Å². The summed E-state index contributed by atoms with van der Waals surface area (Å²) in [7, 11) is 0. The number of para-hydroxylation sites is 1. The van der Waals surface area contributed by atoms with E-state index in [0.717, 1.165) is 37.4 Å². The van der Waals surface area contributed by atoms with Crippen molar-refractivity contribution in [2.45, 2.75) is 18.9 Å². The lowest BCUT2D eigenvalue weighted by molar-refractivity contribution is -0.132. The first-order valence-electron chi connectivity index (χ1n) is 9.18. The van der Waals surface area contributed by atoms with Crippen LogP contribution in [0.3, 0.4) is 0 Å². The molecule has 1 aliphatic heterocycles. The fourth-order valence-electron chi connectivity index (χ4n) is 3.98. The smallest absolute Gasteiger partial charge is 0.260 e. The average Bonchev–Trinajstić information content (AvgIpc) is 3.24. The summed E-state index contributed by atoms with van der Waals surface area (Å²) in [5.41, 5.74) is 6.14. The predicted octanol–water partition coefficient (Wildman–Crippen LogP) is 3.05. The molecule has 26 heavy (non-hydrogen) atoms. The highest BCUT2D eigenvalue weighted by molar-refractivity contribution is 5.78. The lowest BCUT2D eigenvalue weighted by Gasteiger charge is -2.19.